The Labute approximate surface area is 201 Å². The molecule has 174 valence electrons. The first-order chi connectivity index (χ1) is 16.3. The standard InChI is InChI=1S/C24H22ClN5O4/c1-13(2)33-18-9-7-15(8-10-18)22-26-19(14(3)34-22)12-29-21-20(27-28-29)23(31)30(24(21)32)17-6-4-5-16(25)11-17/h4-11,13,20-21H,12H2,1-3H3/t20-,21-/m0/s1. The van der Waals surface area contributed by atoms with E-state index < -0.39 is 23.9 Å². The summed E-state index contributed by atoms with van der Waals surface area (Å²) >= 11 is 6.05. The molecule has 0 spiro atoms. The van der Waals surface area contributed by atoms with Crippen LogP contribution in [0.3, 0.4) is 0 Å². The fourth-order valence-corrected chi connectivity index (χ4v) is 4.21. The van der Waals surface area contributed by atoms with E-state index in [9.17, 15) is 9.59 Å². The van der Waals surface area contributed by atoms with Gasteiger partial charge in [0.15, 0.2) is 12.1 Å². The summed E-state index contributed by atoms with van der Waals surface area (Å²) in [6.45, 7) is 5.91. The predicted octanol–water partition coefficient (Wildman–Crippen LogP) is 4.58. The van der Waals surface area contributed by atoms with Gasteiger partial charge in [0.1, 0.15) is 17.2 Å². The topological polar surface area (TPSA) is 101 Å². The largest absolute Gasteiger partial charge is 0.491 e. The van der Waals surface area contributed by atoms with Gasteiger partial charge in [-0.3, -0.25) is 14.6 Å². The molecule has 2 atom stereocenters. The maximum Gasteiger partial charge on any atom is 0.263 e. The number of halogens is 1. The van der Waals surface area contributed by atoms with Crippen LogP contribution in [0.5, 0.6) is 5.75 Å². The minimum absolute atomic E-state index is 0.0832. The van der Waals surface area contributed by atoms with Gasteiger partial charge in [0.2, 0.25) is 5.89 Å². The highest BCUT2D eigenvalue weighted by Gasteiger charge is 2.55. The van der Waals surface area contributed by atoms with Crippen molar-refractivity contribution in [1.82, 2.24) is 9.99 Å². The Kier molecular flexibility index (Phi) is 5.57. The Balaban J connectivity index is 1.35. The van der Waals surface area contributed by atoms with Gasteiger partial charge in [0, 0.05) is 10.6 Å². The second-order valence-corrected chi connectivity index (χ2v) is 8.83. The van der Waals surface area contributed by atoms with E-state index in [1.807, 2.05) is 38.1 Å². The summed E-state index contributed by atoms with van der Waals surface area (Å²) in [5.41, 5.74) is 1.82. The van der Waals surface area contributed by atoms with Crippen molar-refractivity contribution in [2.24, 2.45) is 10.3 Å². The van der Waals surface area contributed by atoms with Crippen LogP contribution in [-0.4, -0.2) is 40.0 Å². The van der Waals surface area contributed by atoms with Gasteiger partial charge in [0.05, 0.1) is 18.3 Å². The van der Waals surface area contributed by atoms with Crippen molar-refractivity contribution >= 4 is 29.1 Å². The number of fused-ring (bicyclic) bond motifs is 1. The number of aryl methyl sites for hydroxylation is 1. The van der Waals surface area contributed by atoms with E-state index in [1.54, 1.807) is 31.2 Å². The van der Waals surface area contributed by atoms with E-state index in [-0.39, 0.29) is 12.6 Å². The SMILES string of the molecule is Cc1oc(-c2ccc(OC(C)C)cc2)nc1CN1N=N[C@@H]2C(=O)N(c3cccc(Cl)c3)C(=O)[C@H]21. The maximum absolute atomic E-state index is 13.2. The van der Waals surface area contributed by atoms with Crippen molar-refractivity contribution in [3.8, 4) is 17.2 Å². The summed E-state index contributed by atoms with van der Waals surface area (Å²) in [7, 11) is 0. The highest BCUT2D eigenvalue weighted by atomic mass is 35.5. The van der Waals surface area contributed by atoms with Crippen LogP contribution >= 0.6 is 11.6 Å². The number of hydrogen-bond donors (Lipinski definition) is 0. The number of rotatable bonds is 6. The van der Waals surface area contributed by atoms with Crippen molar-refractivity contribution in [2.75, 3.05) is 4.90 Å². The van der Waals surface area contributed by atoms with E-state index in [0.29, 0.717) is 28.1 Å². The normalized spacial score (nSPS) is 19.4. The number of aromatic nitrogens is 1. The number of imide groups is 1. The summed E-state index contributed by atoms with van der Waals surface area (Å²) in [6.07, 6.45) is 0.0832. The van der Waals surface area contributed by atoms with Crippen molar-refractivity contribution in [1.29, 1.82) is 0 Å². The minimum atomic E-state index is -0.897. The maximum atomic E-state index is 13.2. The molecule has 2 amide bonds. The van der Waals surface area contributed by atoms with Crippen LogP contribution in [0.15, 0.2) is 63.3 Å². The quantitative estimate of drug-likeness (QED) is 0.479. The minimum Gasteiger partial charge on any atom is -0.491 e. The van der Waals surface area contributed by atoms with E-state index >= 15 is 0 Å². The number of carbonyl (C=O) groups is 2. The molecule has 34 heavy (non-hydrogen) atoms. The monoisotopic (exact) mass is 479 g/mol. The molecule has 0 radical (unpaired) electrons. The fraction of sp³-hybridized carbons (Fsp3) is 0.292. The predicted molar refractivity (Wildman–Crippen MR) is 124 cm³/mol. The first kappa shape index (κ1) is 22.1. The number of benzene rings is 2. The van der Waals surface area contributed by atoms with Crippen molar-refractivity contribution < 1.29 is 18.7 Å². The van der Waals surface area contributed by atoms with Crippen molar-refractivity contribution in [3.05, 3.63) is 65.0 Å². The summed E-state index contributed by atoms with van der Waals surface area (Å²) in [5, 5.41) is 10.1. The molecule has 1 fully saturated rings. The van der Waals surface area contributed by atoms with E-state index in [2.05, 4.69) is 15.3 Å². The van der Waals surface area contributed by atoms with Gasteiger partial charge in [-0.05, 0) is 63.2 Å². The molecule has 1 aromatic heterocycles. The van der Waals surface area contributed by atoms with Crippen LogP contribution < -0.4 is 9.64 Å². The third-order valence-corrected chi connectivity index (χ3v) is 5.84. The molecule has 1 saturated heterocycles. The summed E-state index contributed by atoms with van der Waals surface area (Å²) in [4.78, 5) is 31.8. The number of nitrogens with zero attached hydrogens (tertiary/aromatic N) is 5. The average molecular weight is 480 g/mol. The smallest absolute Gasteiger partial charge is 0.263 e. The van der Waals surface area contributed by atoms with Gasteiger partial charge in [-0.1, -0.05) is 22.9 Å². The summed E-state index contributed by atoms with van der Waals surface area (Å²) < 4.78 is 11.5. The van der Waals surface area contributed by atoms with E-state index in [1.165, 1.54) is 5.01 Å². The second kappa shape index (κ2) is 8.57. The zero-order valence-electron chi connectivity index (χ0n) is 18.8. The third kappa shape index (κ3) is 3.92. The van der Waals surface area contributed by atoms with Gasteiger partial charge in [-0.2, -0.15) is 5.11 Å². The van der Waals surface area contributed by atoms with Gasteiger partial charge >= 0.3 is 0 Å². The highest BCUT2D eigenvalue weighted by Crippen LogP contribution is 2.34. The molecule has 0 bridgehead atoms. The summed E-state index contributed by atoms with van der Waals surface area (Å²) in [5.74, 6) is 0.985. The Morgan fingerprint density at radius 2 is 1.88 bits per heavy atom. The van der Waals surface area contributed by atoms with Gasteiger partial charge in [-0.15, -0.1) is 0 Å². The molecule has 3 heterocycles. The fourth-order valence-electron chi connectivity index (χ4n) is 4.02. The number of oxazole rings is 1. The van der Waals surface area contributed by atoms with Crippen LogP contribution in [0.25, 0.3) is 11.5 Å². The van der Waals surface area contributed by atoms with Crippen molar-refractivity contribution in [3.63, 3.8) is 0 Å². The first-order valence-corrected chi connectivity index (χ1v) is 11.2. The molecule has 3 aromatic rings. The van der Waals surface area contributed by atoms with Gasteiger partial charge < -0.3 is 9.15 Å². The van der Waals surface area contributed by atoms with Crippen LogP contribution in [0.4, 0.5) is 5.69 Å². The lowest BCUT2D eigenvalue weighted by Crippen LogP contribution is -2.39. The molecule has 0 N–H and O–H groups in total. The first-order valence-electron chi connectivity index (χ1n) is 10.9. The third-order valence-electron chi connectivity index (χ3n) is 5.60. The van der Waals surface area contributed by atoms with E-state index in [0.717, 1.165) is 16.2 Å². The molecule has 10 heteroatoms. The molecule has 2 aliphatic rings. The zero-order valence-corrected chi connectivity index (χ0v) is 19.6. The second-order valence-electron chi connectivity index (χ2n) is 8.40. The lowest BCUT2D eigenvalue weighted by Gasteiger charge is -2.20. The number of amides is 2. The Morgan fingerprint density at radius 1 is 1.12 bits per heavy atom. The molecular weight excluding hydrogens is 458 g/mol. The molecule has 0 aliphatic carbocycles. The molecule has 2 aromatic carbocycles. The molecule has 0 unspecified atom stereocenters. The number of carbonyl (C=O) groups excluding carboxylic acids is 2. The van der Waals surface area contributed by atoms with Crippen molar-refractivity contribution in [2.45, 2.75) is 45.5 Å². The Hall–Kier alpha value is -3.72. The van der Waals surface area contributed by atoms with Crippen LogP contribution in [0, 0.1) is 6.92 Å². The van der Waals surface area contributed by atoms with Crippen LogP contribution in [-0.2, 0) is 16.1 Å². The summed E-state index contributed by atoms with van der Waals surface area (Å²) in [6, 6.07) is 12.3. The Bertz CT molecular complexity index is 1290. The lowest BCUT2D eigenvalue weighted by atomic mass is 10.1. The number of ether oxygens (including phenoxy) is 1. The average Bonchev–Trinajstić information content (AvgIpc) is 3.44. The molecule has 2 aliphatic heterocycles. The van der Waals surface area contributed by atoms with Gasteiger partial charge in [0.25, 0.3) is 11.8 Å². The number of anilines is 1. The highest BCUT2D eigenvalue weighted by molar-refractivity contribution is 6.31. The molecular formula is C24H22ClN5O4. The molecule has 5 rings (SSSR count). The van der Waals surface area contributed by atoms with Crippen LogP contribution in [0.2, 0.25) is 5.02 Å². The molecule has 0 saturated carbocycles. The van der Waals surface area contributed by atoms with E-state index in [4.69, 9.17) is 20.8 Å². The Morgan fingerprint density at radius 3 is 2.59 bits per heavy atom. The van der Waals surface area contributed by atoms with Crippen LogP contribution in [0.1, 0.15) is 25.3 Å². The lowest BCUT2D eigenvalue weighted by molar-refractivity contribution is -0.123. The van der Waals surface area contributed by atoms with Gasteiger partial charge in [-0.25, -0.2) is 9.88 Å². The molecule has 9 nitrogen and oxygen atoms in total. The number of hydrogen-bond acceptors (Lipinski definition) is 8. The zero-order chi connectivity index (χ0) is 24.0.